The number of rotatable bonds is 8. The van der Waals surface area contributed by atoms with Crippen LogP contribution in [0.3, 0.4) is 0 Å². The molecular weight excluding hydrogens is 302 g/mol. The van der Waals surface area contributed by atoms with E-state index < -0.39 is 0 Å². The molecule has 0 unspecified atom stereocenters. The van der Waals surface area contributed by atoms with Crippen molar-refractivity contribution in [2.45, 2.75) is 27.2 Å². The van der Waals surface area contributed by atoms with Crippen molar-refractivity contribution < 1.29 is 14.3 Å². The molecule has 128 valence electrons. The Labute approximate surface area is 143 Å². The summed E-state index contributed by atoms with van der Waals surface area (Å²) < 4.78 is 11.2. The van der Waals surface area contributed by atoms with Crippen molar-refractivity contribution in [3.8, 4) is 11.5 Å². The molecule has 0 aliphatic heterocycles. The Kier molecular flexibility index (Phi) is 6.67. The van der Waals surface area contributed by atoms with Crippen LogP contribution in [0.25, 0.3) is 0 Å². The number of ether oxygens (including phenoxy) is 2. The first-order chi connectivity index (χ1) is 11.6. The van der Waals surface area contributed by atoms with Gasteiger partial charge in [0.1, 0.15) is 11.5 Å². The van der Waals surface area contributed by atoms with Gasteiger partial charge in [-0.1, -0.05) is 26.0 Å². The molecule has 1 N–H and O–H groups in total. The van der Waals surface area contributed by atoms with Gasteiger partial charge in [0.2, 0.25) is 0 Å². The Morgan fingerprint density at radius 3 is 2.42 bits per heavy atom. The first-order valence-corrected chi connectivity index (χ1v) is 8.36. The maximum Gasteiger partial charge on any atom is 0.259 e. The van der Waals surface area contributed by atoms with Crippen LogP contribution in [0.15, 0.2) is 48.5 Å². The number of hydrogen-bond acceptors (Lipinski definition) is 3. The molecule has 1 amide bonds. The van der Waals surface area contributed by atoms with E-state index >= 15 is 0 Å². The molecule has 2 aromatic rings. The normalized spacial score (nSPS) is 10.5. The summed E-state index contributed by atoms with van der Waals surface area (Å²) in [5.41, 5.74) is 1.25. The van der Waals surface area contributed by atoms with Gasteiger partial charge < -0.3 is 14.8 Å². The number of hydrogen-bond donors (Lipinski definition) is 1. The van der Waals surface area contributed by atoms with Crippen molar-refractivity contribution in [1.29, 1.82) is 0 Å². The topological polar surface area (TPSA) is 47.6 Å². The standard InChI is InChI=1S/C20H25NO3/c1-4-23-19-8-6-5-7-18(19)20(22)21-16-9-11-17(12-10-16)24-14-13-15(2)3/h5-12,15H,4,13-14H2,1-3H3,(H,21,22). The summed E-state index contributed by atoms with van der Waals surface area (Å²) in [5, 5.41) is 2.88. The third kappa shape index (κ3) is 5.30. The number of carbonyl (C=O) groups is 1. The molecule has 0 spiro atoms. The van der Waals surface area contributed by atoms with Crippen molar-refractivity contribution >= 4 is 11.6 Å². The van der Waals surface area contributed by atoms with Gasteiger partial charge >= 0.3 is 0 Å². The van der Waals surface area contributed by atoms with E-state index in [9.17, 15) is 4.79 Å². The van der Waals surface area contributed by atoms with Gasteiger partial charge in [-0.2, -0.15) is 0 Å². The van der Waals surface area contributed by atoms with Crippen molar-refractivity contribution in [2.75, 3.05) is 18.5 Å². The summed E-state index contributed by atoms with van der Waals surface area (Å²) in [4.78, 5) is 12.4. The second kappa shape index (κ2) is 8.96. The number of benzene rings is 2. The summed E-state index contributed by atoms with van der Waals surface area (Å²) in [6, 6.07) is 14.6. The van der Waals surface area contributed by atoms with E-state index in [-0.39, 0.29) is 5.91 Å². The largest absolute Gasteiger partial charge is 0.494 e. The van der Waals surface area contributed by atoms with Crippen LogP contribution in [-0.4, -0.2) is 19.1 Å². The minimum absolute atomic E-state index is 0.187. The zero-order chi connectivity index (χ0) is 17.4. The van der Waals surface area contributed by atoms with Gasteiger partial charge in [-0.15, -0.1) is 0 Å². The maximum absolute atomic E-state index is 12.4. The van der Waals surface area contributed by atoms with Crippen LogP contribution in [0.1, 0.15) is 37.6 Å². The quantitative estimate of drug-likeness (QED) is 0.760. The van der Waals surface area contributed by atoms with Crippen LogP contribution >= 0.6 is 0 Å². The molecule has 0 fully saturated rings. The lowest BCUT2D eigenvalue weighted by atomic mass is 10.1. The zero-order valence-corrected chi connectivity index (χ0v) is 14.5. The predicted octanol–water partition coefficient (Wildman–Crippen LogP) is 4.76. The number of carbonyl (C=O) groups excluding carboxylic acids is 1. The zero-order valence-electron chi connectivity index (χ0n) is 14.5. The Morgan fingerprint density at radius 1 is 1.04 bits per heavy atom. The van der Waals surface area contributed by atoms with E-state index in [2.05, 4.69) is 19.2 Å². The molecule has 0 saturated carbocycles. The molecule has 0 heterocycles. The summed E-state index contributed by atoms with van der Waals surface area (Å²) >= 11 is 0. The summed E-state index contributed by atoms with van der Waals surface area (Å²) in [7, 11) is 0. The van der Waals surface area contributed by atoms with E-state index in [1.54, 1.807) is 12.1 Å². The SMILES string of the molecule is CCOc1ccccc1C(=O)Nc1ccc(OCCC(C)C)cc1. The Hall–Kier alpha value is -2.49. The van der Waals surface area contributed by atoms with Gasteiger partial charge in [-0.25, -0.2) is 0 Å². The van der Waals surface area contributed by atoms with Crippen LogP contribution in [0, 0.1) is 5.92 Å². The lowest BCUT2D eigenvalue weighted by Gasteiger charge is -2.11. The van der Waals surface area contributed by atoms with Crippen molar-refractivity contribution in [3.05, 3.63) is 54.1 Å². The highest BCUT2D eigenvalue weighted by atomic mass is 16.5. The van der Waals surface area contributed by atoms with E-state index in [4.69, 9.17) is 9.47 Å². The molecule has 4 nitrogen and oxygen atoms in total. The Bertz CT molecular complexity index is 650. The fourth-order valence-electron chi connectivity index (χ4n) is 2.18. The summed E-state index contributed by atoms with van der Waals surface area (Å²) in [5.74, 6) is 1.83. The monoisotopic (exact) mass is 327 g/mol. The van der Waals surface area contributed by atoms with E-state index in [1.807, 2.05) is 43.3 Å². The minimum atomic E-state index is -0.187. The molecule has 0 aliphatic rings. The number of amides is 1. The molecule has 0 aromatic heterocycles. The molecule has 24 heavy (non-hydrogen) atoms. The summed E-state index contributed by atoms with van der Waals surface area (Å²) in [6.45, 7) is 7.45. The number of anilines is 1. The molecule has 2 rings (SSSR count). The Morgan fingerprint density at radius 2 is 1.75 bits per heavy atom. The van der Waals surface area contributed by atoms with E-state index in [0.717, 1.165) is 17.9 Å². The minimum Gasteiger partial charge on any atom is -0.494 e. The van der Waals surface area contributed by atoms with Crippen LogP contribution in [0.4, 0.5) is 5.69 Å². The van der Waals surface area contributed by atoms with E-state index in [0.29, 0.717) is 30.4 Å². The average molecular weight is 327 g/mol. The smallest absolute Gasteiger partial charge is 0.259 e. The van der Waals surface area contributed by atoms with Gasteiger partial charge in [0, 0.05) is 5.69 Å². The second-order valence-electron chi connectivity index (χ2n) is 5.94. The fraction of sp³-hybridized carbons (Fsp3) is 0.350. The molecule has 0 saturated heterocycles. The molecule has 0 atom stereocenters. The van der Waals surface area contributed by atoms with Crippen molar-refractivity contribution in [1.82, 2.24) is 0 Å². The highest BCUT2D eigenvalue weighted by Crippen LogP contribution is 2.21. The van der Waals surface area contributed by atoms with Crippen LogP contribution in [0.5, 0.6) is 11.5 Å². The second-order valence-corrected chi connectivity index (χ2v) is 5.94. The van der Waals surface area contributed by atoms with Crippen LogP contribution < -0.4 is 14.8 Å². The van der Waals surface area contributed by atoms with Gasteiger partial charge in [-0.05, 0) is 55.7 Å². The number of para-hydroxylation sites is 1. The van der Waals surface area contributed by atoms with Crippen LogP contribution in [0.2, 0.25) is 0 Å². The third-order valence-corrected chi connectivity index (χ3v) is 3.51. The maximum atomic E-state index is 12.4. The molecule has 0 aliphatic carbocycles. The highest BCUT2D eigenvalue weighted by Gasteiger charge is 2.12. The molecule has 0 bridgehead atoms. The van der Waals surface area contributed by atoms with E-state index in [1.165, 1.54) is 0 Å². The predicted molar refractivity (Wildman–Crippen MR) is 97.0 cm³/mol. The molecule has 4 heteroatoms. The first kappa shape index (κ1) is 17.9. The fourth-order valence-corrected chi connectivity index (χ4v) is 2.18. The van der Waals surface area contributed by atoms with Gasteiger partial charge in [0.15, 0.2) is 0 Å². The van der Waals surface area contributed by atoms with Crippen molar-refractivity contribution in [2.24, 2.45) is 5.92 Å². The van der Waals surface area contributed by atoms with Gasteiger partial charge in [0.25, 0.3) is 5.91 Å². The third-order valence-electron chi connectivity index (χ3n) is 3.51. The van der Waals surface area contributed by atoms with Gasteiger partial charge in [-0.3, -0.25) is 4.79 Å². The van der Waals surface area contributed by atoms with Gasteiger partial charge in [0.05, 0.1) is 18.8 Å². The first-order valence-electron chi connectivity index (χ1n) is 8.36. The molecular formula is C20H25NO3. The molecule has 2 aromatic carbocycles. The lowest BCUT2D eigenvalue weighted by molar-refractivity contribution is 0.102. The number of nitrogens with one attached hydrogen (secondary N) is 1. The molecule has 0 radical (unpaired) electrons. The average Bonchev–Trinajstić information content (AvgIpc) is 2.57. The summed E-state index contributed by atoms with van der Waals surface area (Å²) in [6.07, 6.45) is 1.02. The van der Waals surface area contributed by atoms with Crippen LogP contribution in [-0.2, 0) is 0 Å². The Balaban J connectivity index is 1.97. The highest BCUT2D eigenvalue weighted by molar-refractivity contribution is 6.06. The lowest BCUT2D eigenvalue weighted by Crippen LogP contribution is -2.13. The van der Waals surface area contributed by atoms with Crippen molar-refractivity contribution in [3.63, 3.8) is 0 Å².